The highest BCUT2D eigenvalue weighted by molar-refractivity contribution is 6.08. The van der Waals surface area contributed by atoms with Crippen molar-refractivity contribution in [3.8, 4) is 0 Å². The molecule has 0 spiro atoms. The SMILES string of the molecule is OCCC1CCCc2ccc3c(ccc4ccccc43)c21. The first-order chi connectivity index (χ1) is 10.4. The molecule has 1 unspecified atom stereocenters. The lowest BCUT2D eigenvalue weighted by Gasteiger charge is -2.27. The van der Waals surface area contributed by atoms with Gasteiger partial charge in [-0.25, -0.2) is 0 Å². The Kier molecular flexibility index (Phi) is 3.16. The van der Waals surface area contributed by atoms with Crippen molar-refractivity contribution in [1.82, 2.24) is 0 Å². The van der Waals surface area contributed by atoms with E-state index in [4.69, 9.17) is 0 Å². The second kappa shape index (κ2) is 5.16. The number of rotatable bonds is 2. The zero-order chi connectivity index (χ0) is 14.2. The van der Waals surface area contributed by atoms with Gasteiger partial charge in [-0.3, -0.25) is 0 Å². The molecule has 1 aliphatic carbocycles. The van der Waals surface area contributed by atoms with Crippen LogP contribution >= 0.6 is 0 Å². The largest absolute Gasteiger partial charge is 0.396 e. The fraction of sp³-hybridized carbons (Fsp3) is 0.300. The molecule has 0 amide bonds. The Bertz CT molecular complexity index is 803. The molecule has 0 saturated heterocycles. The van der Waals surface area contributed by atoms with Crippen molar-refractivity contribution in [3.63, 3.8) is 0 Å². The molecule has 0 aromatic heterocycles. The number of hydrogen-bond acceptors (Lipinski definition) is 1. The number of aliphatic hydroxyl groups excluding tert-OH is 1. The topological polar surface area (TPSA) is 20.2 Å². The Balaban J connectivity index is 2.04. The summed E-state index contributed by atoms with van der Waals surface area (Å²) in [6.45, 7) is 0.286. The van der Waals surface area contributed by atoms with Gasteiger partial charge in [0.2, 0.25) is 0 Å². The van der Waals surface area contributed by atoms with E-state index < -0.39 is 0 Å². The van der Waals surface area contributed by atoms with Crippen LogP contribution in [0.3, 0.4) is 0 Å². The van der Waals surface area contributed by atoms with E-state index in [9.17, 15) is 5.11 Å². The summed E-state index contributed by atoms with van der Waals surface area (Å²) in [5, 5.41) is 14.8. The summed E-state index contributed by atoms with van der Waals surface area (Å²) in [5.41, 5.74) is 2.99. The molecule has 1 N–H and O–H groups in total. The Hall–Kier alpha value is -1.86. The molecule has 21 heavy (non-hydrogen) atoms. The van der Waals surface area contributed by atoms with Crippen molar-refractivity contribution in [2.45, 2.75) is 31.6 Å². The molecule has 0 radical (unpaired) electrons. The number of fused-ring (bicyclic) bond motifs is 5. The van der Waals surface area contributed by atoms with Gasteiger partial charge in [0.15, 0.2) is 0 Å². The van der Waals surface area contributed by atoms with Crippen LogP contribution in [0, 0.1) is 0 Å². The second-order valence-electron chi connectivity index (χ2n) is 6.12. The first-order valence-corrected chi connectivity index (χ1v) is 7.92. The smallest absolute Gasteiger partial charge is 0.0436 e. The molecular formula is C20H20O. The molecule has 0 saturated carbocycles. The van der Waals surface area contributed by atoms with E-state index in [2.05, 4.69) is 48.5 Å². The first kappa shape index (κ1) is 12.8. The third-order valence-electron chi connectivity index (χ3n) is 4.94. The molecule has 106 valence electrons. The molecule has 0 heterocycles. The zero-order valence-corrected chi connectivity index (χ0v) is 12.2. The lowest BCUT2D eigenvalue weighted by atomic mass is 9.78. The van der Waals surface area contributed by atoms with Gasteiger partial charge in [-0.15, -0.1) is 0 Å². The highest BCUT2D eigenvalue weighted by Crippen LogP contribution is 2.40. The van der Waals surface area contributed by atoms with Crippen LogP contribution in [0.5, 0.6) is 0 Å². The average Bonchev–Trinajstić information content (AvgIpc) is 2.54. The third-order valence-corrected chi connectivity index (χ3v) is 4.94. The van der Waals surface area contributed by atoms with Crippen LogP contribution in [0.4, 0.5) is 0 Å². The van der Waals surface area contributed by atoms with Crippen LogP contribution in [-0.4, -0.2) is 11.7 Å². The van der Waals surface area contributed by atoms with E-state index in [0.29, 0.717) is 5.92 Å². The fourth-order valence-electron chi connectivity index (χ4n) is 3.98. The number of hydrogen-bond donors (Lipinski definition) is 1. The van der Waals surface area contributed by atoms with Gasteiger partial charge in [-0.05, 0) is 64.3 Å². The molecule has 1 atom stereocenters. The van der Waals surface area contributed by atoms with Gasteiger partial charge in [0.25, 0.3) is 0 Å². The predicted octanol–water partition coefficient (Wildman–Crippen LogP) is 4.80. The quantitative estimate of drug-likeness (QED) is 0.667. The normalized spacial score (nSPS) is 18.0. The summed E-state index contributed by atoms with van der Waals surface area (Å²) < 4.78 is 0. The highest BCUT2D eigenvalue weighted by atomic mass is 16.3. The Morgan fingerprint density at radius 2 is 1.76 bits per heavy atom. The number of benzene rings is 3. The fourth-order valence-corrected chi connectivity index (χ4v) is 3.98. The third kappa shape index (κ3) is 2.04. The second-order valence-corrected chi connectivity index (χ2v) is 6.12. The van der Waals surface area contributed by atoms with Crippen molar-refractivity contribution in [3.05, 3.63) is 59.7 Å². The van der Waals surface area contributed by atoms with E-state index in [-0.39, 0.29) is 6.61 Å². The van der Waals surface area contributed by atoms with Gasteiger partial charge in [0.05, 0.1) is 0 Å². The Morgan fingerprint density at radius 1 is 0.905 bits per heavy atom. The van der Waals surface area contributed by atoms with Crippen LogP contribution in [0.1, 0.15) is 36.3 Å². The maximum atomic E-state index is 9.39. The van der Waals surface area contributed by atoms with E-state index in [0.717, 1.165) is 6.42 Å². The number of aryl methyl sites for hydroxylation is 1. The van der Waals surface area contributed by atoms with Gasteiger partial charge in [0.1, 0.15) is 0 Å². The minimum absolute atomic E-state index is 0.286. The molecule has 3 aromatic rings. The molecule has 1 heteroatoms. The van der Waals surface area contributed by atoms with E-state index in [1.165, 1.54) is 51.9 Å². The molecule has 4 rings (SSSR count). The van der Waals surface area contributed by atoms with E-state index in [1.807, 2.05) is 0 Å². The highest BCUT2D eigenvalue weighted by Gasteiger charge is 2.22. The van der Waals surface area contributed by atoms with Gasteiger partial charge in [0, 0.05) is 6.61 Å². The van der Waals surface area contributed by atoms with Gasteiger partial charge in [-0.2, -0.15) is 0 Å². The summed E-state index contributed by atoms with van der Waals surface area (Å²) in [7, 11) is 0. The summed E-state index contributed by atoms with van der Waals surface area (Å²) >= 11 is 0. The van der Waals surface area contributed by atoms with E-state index in [1.54, 1.807) is 0 Å². The monoisotopic (exact) mass is 276 g/mol. The molecule has 3 aromatic carbocycles. The molecule has 0 fully saturated rings. The van der Waals surface area contributed by atoms with Gasteiger partial charge >= 0.3 is 0 Å². The van der Waals surface area contributed by atoms with Crippen molar-refractivity contribution in [1.29, 1.82) is 0 Å². The zero-order valence-electron chi connectivity index (χ0n) is 12.2. The lowest BCUT2D eigenvalue weighted by molar-refractivity contribution is 0.270. The minimum Gasteiger partial charge on any atom is -0.396 e. The molecular weight excluding hydrogens is 256 g/mol. The van der Waals surface area contributed by atoms with Crippen LogP contribution < -0.4 is 0 Å². The molecule has 1 aliphatic rings. The summed E-state index contributed by atoms with van der Waals surface area (Å²) in [4.78, 5) is 0. The standard InChI is InChI=1S/C20H20O/c21-13-12-16-6-3-5-15-9-10-18-17-7-2-1-4-14(17)8-11-19(18)20(15)16/h1-2,4,7-11,16,21H,3,5-6,12-13H2. The lowest BCUT2D eigenvalue weighted by Crippen LogP contribution is -2.11. The molecule has 0 bridgehead atoms. The van der Waals surface area contributed by atoms with Crippen LogP contribution in [0.25, 0.3) is 21.5 Å². The van der Waals surface area contributed by atoms with Crippen molar-refractivity contribution < 1.29 is 5.11 Å². The summed E-state index contributed by atoms with van der Waals surface area (Å²) in [6, 6.07) is 17.7. The number of aliphatic hydroxyl groups is 1. The van der Waals surface area contributed by atoms with Crippen LogP contribution in [-0.2, 0) is 6.42 Å². The Labute approximate surface area is 125 Å². The van der Waals surface area contributed by atoms with Crippen molar-refractivity contribution in [2.75, 3.05) is 6.61 Å². The van der Waals surface area contributed by atoms with Gasteiger partial charge < -0.3 is 5.11 Å². The predicted molar refractivity (Wildman–Crippen MR) is 88.8 cm³/mol. The summed E-state index contributed by atoms with van der Waals surface area (Å²) in [6.07, 6.45) is 4.52. The van der Waals surface area contributed by atoms with E-state index >= 15 is 0 Å². The average molecular weight is 276 g/mol. The Morgan fingerprint density at radius 3 is 2.67 bits per heavy atom. The van der Waals surface area contributed by atoms with Crippen LogP contribution in [0.2, 0.25) is 0 Å². The maximum absolute atomic E-state index is 9.39. The molecule has 0 aliphatic heterocycles. The van der Waals surface area contributed by atoms with Crippen molar-refractivity contribution in [2.24, 2.45) is 0 Å². The summed E-state index contributed by atoms with van der Waals surface area (Å²) in [5.74, 6) is 0.517. The first-order valence-electron chi connectivity index (χ1n) is 7.92. The minimum atomic E-state index is 0.286. The maximum Gasteiger partial charge on any atom is 0.0436 e. The van der Waals surface area contributed by atoms with Gasteiger partial charge in [-0.1, -0.05) is 48.5 Å². The van der Waals surface area contributed by atoms with Crippen LogP contribution in [0.15, 0.2) is 48.5 Å². The molecule has 1 nitrogen and oxygen atoms in total. The van der Waals surface area contributed by atoms with Crippen molar-refractivity contribution >= 4 is 21.5 Å².